The minimum Gasteiger partial charge on any atom is -0.332 e. The number of rotatable bonds is 4. The zero-order valence-electron chi connectivity index (χ0n) is 15.3. The predicted octanol–water partition coefficient (Wildman–Crippen LogP) is 3.97. The molecule has 4 rings (SSSR count). The number of hydrogen-bond donors (Lipinski definition) is 2. The van der Waals surface area contributed by atoms with Crippen molar-refractivity contribution < 1.29 is 9.18 Å². The number of hydrogen-bond acceptors (Lipinski definition) is 3. The third kappa shape index (κ3) is 3.60. The van der Waals surface area contributed by atoms with Gasteiger partial charge in [0, 0.05) is 5.39 Å². The Hall–Kier alpha value is -3.22. The number of aromatic nitrogens is 2. The standard InChI is InChI=1S/C21H21FN4O2/c22-17-11-5-6-12-18(17)24-21(28)23-13-19-15-9-3-4-10-16(15)20(27)26(25-19)14-7-1-2-8-14/h3-6,9-12,14H,1-2,7-8,13H2,(H2,23,24,28). The smallest absolute Gasteiger partial charge is 0.319 e. The summed E-state index contributed by atoms with van der Waals surface area (Å²) in [6.45, 7) is 0.133. The van der Waals surface area contributed by atoms with Crippen LogP contribution in [0, 0.1) is 5.82 Å². The third-order valence-electron chi connectivity index (χ3n) is 5.11. The van der Waals surface area contributed by atoms with Crippen molar-refractivity contribution in [3.05, 3.63) is 70.4 Å². The molecule has 0 bridgehead atoms. The Bertz CT molecular complexity index is 1070. The van der Waals surface area contributed by atoms with Gasteiger partial charge in [-0.15, -0.1) is 0 Å². The zero-order valence-corrected chi connectivity index (χ0v) is 15.3. The molecule has 7 heteroatoms. The lowest BCUT2D eigenvalue weighted by Gasteiger charge is -2.16. The second-order valence-corrected chi connectivity index (χ2v) is 6.97. The molecule has 0 saturated heterocycles. The van der Waals surface area contributed by atoms with Gasteiger partial charge in [-0.1, -0.05) is 43.2 Å². The Morgan fingerprint density at radius 1 is 1.07 bits per heavy atom. The number of amides is 2. The zero-order chi connectivity index (χ0) is 19.5. The molecule has 0 spiro atoms. The molecule has 0 atom stereocenters. The van der Waals surface area contributed by atoms with Crippen LogP contribution in [0.4, 0.5) is 14.9 Å². The fraction of sp³-hybridized carbons (Fsp3) is 0.286. The van der Waals surface area contributed by atoms with Gasteiger partial charge < -0.3 is 10.6 Å². The quantitative estimate of drug-likeness (QED) is 0.719. The van der Waals surface area contributed by atoms with Crippen molar-refractivity contribution in [2.45, 2.75) is 38.3 Å². The molecule has 1 aromatic heterocycles. The van der Waals surface area contributed by atoms with E-state index in [0.717, 1.165) is 25.7 Å². The molecule has 1 saturated carbocycles. The van der Waals surface area contributed by atoms with Gasteiger partial charge in [0.15, 0.2) is 0 Å². The minimum atomic E-state index is -0.533. The monoisotopic (exact) mass is 380 g/mol. The van der Waals surface area contributed by atoms with Crippen molar-refractivity contribution >= 4 is 22.5 Å². The van der Waals surface area contributed by atoms with Gasteiger partial charge in [-0.25, -0.2) is 13.9 Å². The number of fused-ring (bicyclic) bond motifs is 1. The minimum absolute atomic E-state index is 0.0953. The molecule has 0 unspecified atom stereocenters. The van der Waals surface area contributed by atoms with E-state index in [9.17, 15) is 14.0 Å². The van der Waals surface area contributed by atoms with Crippen molar-refractivity contribution in [2.24, 2.45) is 0 Å². The molecule has 2 amide bonds. The third-order valence-corrected chi connectivity index (χ3v) is 5.11. The van der Waals surface area contributed by atoms with Crippen LogP contribution in [0.5, 0.6) is 0 Å². The molecule has 1 aliphatic rings. The van der Waals surface area contributed by atoms with Crippen LogP contribution in [-0.4, -0.2) is 15.8 Å². The lowest BCUT2D eigenvalue weighted by Crippen LogP contribution is -2.32. The highest BCUT2D eigenvalue weighted by molar-refractivity contribution is 5.90. The summed E-state index contributed by atoms with van der Waals surface area (Å²) in [5, 5.41) is 11.1. The Morgan fingerprint density at radius 2 is 1.75 bits per heavy atom. The van der Waals surface area contributed by atoms with E-state index in [1.54, 1.807) is 22.9 Å². The molecular weight excluding hydrogens is 359 g/mol. The van der Waals surface area contributed by atoms with Crippen LogP contribution < -0.4 is 16.2 Å². The fourth-order valence-corrected chi connectivity index (χ4v) is 3.69. The topological polar surface area (TPSA) is 76.0 Å². The van der Waals surface area contributed by atoms with E-state index in [4.69, 9.17) is 0 Å². The maximum Gasteiger partial charge on any atom is 0.319 e. The molecule has 1 fully saturated rings. The van der Waals surface area contributed by atoms with Gasteiger partial charge in [-0.2, -0.15) is 5.10 Å². The summed E-state index contributed by atoms with van der Waals surface area (Å²) in [6.07, 6.45) is 4.05. The number of nitrogens with zero attached hydrogens (tertiary/aromatic N) is 2. The number of nitrogens with one attached hydrogen (secondary N) is 2. The van der Waals surface area contributed by atoms with E-state index in [-0.39, 0.29) is 23.8 Å². The Labute approximate surface area is 161 Å². The van der Waals surface area contributed by atoms with Crippen molar-refractivity contribution in [1.29, 1.82) is 0 Å². The van der Waals surface area contributed by atoms with Crippen LogP contribution in [0.1, 0.15) is 37.4 Å². The van der Waals surface area contributed by atoms with Crippen LogP contribution in [-0.2, 0) is 6.54 Å². The van der Waals surface area contributed by atoms with E-state index in [1.165, 1.54) is 12.1 Å². The predicted molar refractivity (Wildman–Crippen MR) is 106 cm³/mol. The summed E-state index contributed by atoms with van der Waals surface area (Å²) in [7, 11) is 0. The highest BCUT2D eigenvalue weighted by atomic mass is 19.1. The van der Waals surface area contributed by atoms with Gasteiger partial charge in [0.1, 0.15) is 5.82 Å². The summed E-state index contributed by atoms with van der Waals surface area (Å²) in [4.78, 5) is 25.0. The van der Waals surface area contributed by atoms with Gasteiger partial charge in [-0.05, 0) is 31.0 Å². The van der Waals surface area contributed by atoms with Crippen LogP contribution >= 0.6 is 0 Å². The average molecular weight is 380 g/mol. The molecule has 144 valence electrons. The summed E-state index contributed by atoms with van der Waals surface area (Å²) in [5.41, 5.74) is 0.626. The molecule has 3 aromatic rings. The first kappa shape index (κ1) is 18.2. The van der Waals surface area contributed by atoms with E-state index < -0.39 is 11.8 Å². The highest BCUT2D eigenvalue weighted by Crippen LogP contribution is 2.28. The van der Waals surface area contributed by atoms with Crippen LogP contribution in [0.2, 0.25) is 0 Å². The van der Waals surface area contributed by atoms with E-state index in [1.807, 2.05) is 18.2 Å². The summed E-state index contributed by atoms with van der Waals surface area (Å²) >= 11 is 0. The van der Waals surface area contributed by atoms with Crippen LogP contribution in [0.25, 0.3) is 10.8 Å². The van der Waals surface area contributed by atoms with Gasteiger partial charge in [-0.3, -0.25) is 4.79 Å². The van der Waals surface area contributed by atoms with Crippen molar-refractivity contribution in [3.8, 4) is 0 Å². The average Bonchev–Trinajstić information content (AvgIpc) is 3.24. The van der Waals surface area contributed by atoms with Gasteiger partial charge in [0.25, 0.3) is 5.56 Å². The number of halogens is 1. The molecule has 0 radical (unpaired) electrons. The SMILES string of the molecule is O=C(NCc1nn(C2CCCC2)c(=O)c2ccccc12)Nc1ccccc1F. The molecular formula is C21H21FN4O2. The van der Waals surface area contributed by atoms with E-state index in [2.05, 4.69) is 15.7 Å². The van der Waals surface area contributed by atoms with Gasteiger partial charge in [0.05, 0.1) is 29.4 Å². The first-order chi connectivity index (χ1) is 13.6. The summed E-state index contributed by atoms with van der Waals surface area (Å²) in [5.74, 6) is -0.504. The molecule has 2 N–H and O–H groups in total. The molecule has 6 nitrogen and oxygen atoms in total. The first-order valence-corrected chi connectivity index (χ1v) is 9.43. The first-order valence-electron chi connectivity index (χ1n) is 9.43. The molecule has 2 aromatic carbocycles. The molecule has 28 heavy (non-hydrogen) atoms. The van der Waals surface area contributed by atoms with E-state index >= 15 is 0 Å². The van der Waals surface area contributed by atoms with Crippen molar-refractivity contribution in [1.82, 2.24) is 15.1 Å². The summed E-state index contributed by atoms with van der Waals surface area (Å²) < 4.78 is 15.3. The normalized spacial score (nSPS) is 14.3. The molecule has 1 aliphatic carbocycles. The second kappa shape index (κ2) is 7.80. The summed E-state index contributed by atoms with van der Waals surface area (Å²) in [6, 6.07) is 12.8. The van der Waals surface area contributed by atoms with Crippen LogP contribution in [0.15, 0.2) is 53.3 Å². The number of carbonyl (C=O) groups excluding carboxylic acids is 1. The molecule has 0 aliphatic heterocycles. The second-order valence-electron chi connectivity index (χ2n) is 6.97. The van der Waals surface area contributed by atoms with Gasteiger partial charge >= 0.3 is 6.03 Å². The Kier molecular flexibility index (Phi) is 5.06. The fourth-order valence-electron chi connectivity index (χ4n) is 3.69. The number of para-hydroxylation sites is 1. The number of carbonyl (C=O) groups is 1. The maximum atomic E-state index is 13.7. The van der Waals surface area contributed by atoms with Crippen molar-refractivity contribution in [2.75, 3.05) is 5.32 Å². The lowest BCUT2D eigenvalue weighted by atomic mass is 10.1. The number of anilines is 1. The largest absolute Gasteiger partial charge is 0.332 e. The van der Waals surface area contributed by atoms with Crippen molar-refractivity contribution in [3.63, 3.8) is 0 Å². The number of urea groups is 1. The highest BCUT2D eigenvalue weighted by Gasteiger charge is 2.21. The number of benzene rings is 2. The van der Waals surface area contributed by atoms with E-state index in [0.29, 0.717) is 16.5 Å². The maximum absolute atomic E-state index is 13.7. The van der Waals surface area contributed by atoms with Gasteiger partial charge in [0.2, 0.25) is 0 Å². The Balaban J connectivity index is 1.59. The Morgan fingerprint density at radius 3 is 2.50 bits per heavy atom. The lowest BCUT2D eigenvalue weighted by molar-refractivity contribution is 0.251. The molecule has 1 heterocycles. The van der Waals surface area contributed by atoms with Crippen LogP contribution in [0.3, 0.4) is 0 Å².